The number of carbonyl (C=O) groups is 1. The summed E-state index contributed by atoms with van der Waals surface area (Å²) in [7, 11) is 0. The molecule has 1 N–H and O–H groups in total. The van der Waals surface area contributed by atoms with E-state index in [1.165, 1.54) is 22.5 Å². The van der Waals surface area contributed by atoms with Crippen molar-refractivity contribution in [3.05, 3.63) is 94.0 Å². The second-order valence-electron chi connectivity index (χ2n) is 7.10. The second-order valence-corrected chi connectivity index (χ2v) is 9.25. The van der Waals surface area contributed by atoms with Gasteiger partial charge in [-0.2, -0.15) is 5.10 Å². The highest BCUT2D eigenvalue weighted by Crippen LogP contribution is 2.36. The Balaban J connectivity index is 1.54. The SMILES string of the molecule is O=C1NC(=S)S/C1=C\N1N=C(c2ccc3ccccc3c2)CC1c1ccc(Cl)cc1. The molecule has 5 rings (SSSR count). The first-order valence-corrected chi connectivity index (χ1v) is 11.0. The molecule has 2 aliphatic rings. The quantitative estimate of drug-likeness (QED) is 0.415. The summed E-state index contributed by atoms with van der Waals surface area (Å²) in [5, 5.41) is 12.5. The fraction of sp³-hybridized carbons (Fsp3) is 0.0870. The summed E-state index contributed by atoms with van der Waals surface area (Å²) in [5.41, 5.74) is 3.14. The van der Waals surface area contributed by atoms with E-state index in [0.717, 1.165) is 23.3 Å². The topological polar surface area (TPSA) is 44.7 Å². The van der Waals surface area contributed by atoms with E-state index in [-0.39, 0.29) is 11.9 Å². The highest BCUT2D eigenvalue weighted by molar-refractivity contribution is 8.26. The van der Waals surface area contributed by atoms with E-state index < -0.39 is 0 Å². The summed E-state index contributed by atoms with van der Waals surface area (Å²) in [6.45, 7) is 0. The summed E-state index contributed by atoms with van der Waals surface area (Å²) in [6, 6.07) is 22.4. The Kier molecular flexibility index (Phi) is 5.06. The van der Waals surface area contributed by atoms with Crippen LogP contribution in [-0.4, -0.2) is 20.9 Å². The third-order valence-electron chi connectivity index (χ3n) is 5.17. The van der Waals surface area contributed by atoms with Gasteiger partial charge in [0.2, 0.25) is 0 Å². The minimum Gasteiger partial charge on any atom is -0.307 e. The number of nitrogens with zero attached hydrogens (tertiary/aromatic N) is 2. The van der Waals surface area contributed by atoms with E-state index in [0.29, 0.717) is 14.2 Å². The van der Waals surface area contributed by atoms with Crippen LogP contribution < -0.4 is 5.32 Å². The number of nitrogens with one attached hydrogen (secondary N) is 1. The molecule has 1 saturated heterocycles. The molecule has 30 heavy (non-hydrogen) atoms. The van der Waals surface area contributed by atoms with E-state index in [4.69, 9.17) is 28.9 Å². The molecule has 0 aliphatic carbocycles. The zero-order chi connectivity index (χ0) is 20.7. The standard InChI is InChI=1S/C23H16ClN3OS2/c24-18-9-7-15(8-10-18)20-12-19(17-6-5-14-3-1-2-4-16(14)11-17)26-27(20)13-21-22(28)25-23(29)30-21/h1-11,13,20H,12H2,(H,25,28,29)/b21-13-. The van der Waals surface area contributed by atoms with Crippen LogP contribution >= 0.6 is 35.6 Å². The molecule has 0 bridgehead atoms. The van der Waals surface area contributed by atoms with Gasteiger partial charge in [-0.25, -0.2) is 0 Å². The first-order valence-electron chi connectivity index (χ1n) is 9.42. The Morgan fingerprint density at radius 1 is 1.10 bits per heavy atom. The zero-order valence-corrected chi connectivity index (χ0v) is 18.1. The molecule has 1 amide bonds. The molecule has 0 spiro atoms. The number of rotatable bonds is 3. The maximum absolute atomic E-state index is 12.2. The van der Waals surface area contributed by atoms with Crippen molar-refractivity contribution in [3.63, 3.8) is 0 Å². The van der Waals surface area contributed by atoms with Crippen molar-refractivity contribution < 1.29 is 4.79 Å². The van der Waals surface area contributed by atoms with Crippen molar-refractivity contribution in [2.75, 3.05) is 0 Å². The van der Waals surface area contributed by atoms with E-state index in [1.54, 1.807) is 6.20 Å². The van der Waals surface area contributed by atoms with Crippen LogP contribution in [0.2, 0.25) is 5.02 Å². The number of benzene rings is 3. The summed E-state index contributed by atoms with van der Waals surface area (Å²) >= 11 is 12.5. The molecule has 3 aromatic carbocycles. The molecule has 0 saturated carbocycles. The maximum atomic E-state index is 12.2. The fourth-order valence-electron chi connectivity index (χ4n) is 3.68. The molecule has 1 unspecified atom stereocenters. The number of amides is 1. The van der Waals surface area contributed by atoms with Crippen molar-refractivity contribution in [3.8, 4) is 0 Å². The van der Waals surface area contributed by atoms with Crippen LogP contribution in [0.3, 0.4) is 0 Å². The lowest BCUT2D eigenvalue weighted by atomic mass is 9.97. The second kappa shape index (κ2) is 7.87. The highest BCUT2D eigenvalue weighted by atomic mass is 35.5. The van der Waals surface area contributed by atoms with Crippen molar-refractivity contribution in [2.45, 2.75) is 12.5 Å². The first-order chi connectivity index (χ1) is 14.6. The zero-order valence-electron chi connectivity index (χ0n) is 15.7. The Morgan fingerprint density at radius 3 is 2.60 bits per heavy atom. The van der Waals surface area contributed by atoms with Crippen LogP contribution in [0.25, 0.3) is 10.8 Å². The molecular weight excluding hydrogens is 434 g/mol. The van der Waals surface area contributed by atoms with Crippen LogP contribution in [0.15, 0.2) is 82.9 Å². The molecule has 2 aliphatic heterocycles. The van der Waals surface area contributed by atoms with Crippen LogP contribution in [-0.2, 0) is 4.79 Å². The number of fused-ring (bicyclic) bond motifs is 1. The van der Waals surface area contributed by atoms with Gasteiger partial charge in [0.05, 0.1) is 16.7 Å². The average Bonchev–Trinajstić information content (AvgIpc) is 3.31. The Morgan fingerprint density at radius 2 is 1.87 bits per heavy atom. The summed E-state index contributed by atoms with van der Waals surface area (Å²) < 4.78 is 0.465. The third-order valence-corrected chi connectivity index (χ3v) is 6.57. The van der Waals surface area contributed by atoms with Crippen molar-refractivity contribution in [2.24, 2.45) is 5.10 Å². The van der Waals surface area contributed by atoms with E-state index >= 15 is 0 Å². The van der Waals surface area contributed by atoms with Gasteiger partial charge in [0.1, 0.15) is 4.32 Å². The van der Waals surface area contributed by atoms with Gasteiger partial charge >= 0.3 is 0 Å². The molecule has 7 heteroatoms. The van der Waals surface area contributed by atoms with Gasteiger partial charge in [0, 0.05) is 17.6 Å². The predicted molar refractivity (Wildman–Crippen MR) is 128 cm³/mol. The van der Waals surface area contributed by atoms with Crippen LogP contribution in [0.1, 0.15) is 23.6 Å². The lowest BCUT2D eigenvalue weighted by molar-refractivity contribution is -0.115. The molecule has 1 atom stereocenters. The molecule has 148 valence electrons. The van der Waals surface area contributed by atoms with E-state index in [1.807, 2.05) is 41.4 Å². The Hall–Kier alpha value is -2.67. The minimum atomic E-state index is -0.186. The monoisotopic (exact) mass is 449 g/mol. The molecule has 3 aromatic rings. The summed E-state index contributed by atoms with van der Waals surface area (Å²) in [6.07, 6.45) is 2.51. The van der Waals surface area contributed by atoms with Crippen LogP contribution in [0.4, 0.5) is 0 Å². The molecule has 0 aromatic heterocycles. The third kappa shape index (κ3) is 3.74. The van der Waals surface area contributed by atoms with Crippen LogP contribution in [0, 0.1) is 0 Å². The number of hydrazone groups is 1. The molecule has 1 fully saturated rings. The van der Waals surface area contributed by atoms with Gasteiger partial charge in [-0.1, -0.05) is 84.1 Å². The lowest BCUT2D eigenvalue weighted by Crippen LogP contribution is -2.19. The Bertz CT molecular complexity index is 1240. The van der Waals surface area contributed by atoms with E-state index in [9.17, 15) is 4.79 Å². The number of hydrogen-bond donors (Lipinski definition) is 1. The lowest BCUT2D eigenvalue weighted by Gasteiger charge is -2.20. The summed E-state index contributed by atoms with van der Waals surface area (Å²) in [4.78, 5) is 12.7. The van der Waals surface area contributed by atoms with Crippen molar-refractivity contribution >= 4 is 62.3 Å². The largest absolute Gasteiger partial charge is 0.307 e. The number of carbonyl (C=O) groups excluding carboxylic acids is 1. The van der Waals surface area contributed by atoms with Gasteiger partial charge in [0.25, 0.3) is 5.91 Å². The number of hydrogen-bond acceptors (Lipinski definition) is 5. The Labute approximate surface area is 188 Å². The normalized spacial score (nSPS) is 20.2. The maximum Gasteiger partial charge on any atom is 0.265 e. The predicted octanol–water partition coefficient (Wildman–Crippen LogP) is 5.63. The molecule has 2 heterocycles. The van der Waals surface area contributed by atoms with Crippen LogP contribution in [0.5, 0.6) is 0 Å². The first kappa shape index (κ1) is 19.3. The van der Waals surface area contributed by atoms with E-state index in [2.05, 4.69) is 35.6 Å². The minimum absolute atomic E-state index is 0.0289. The fourth-order valence-corrected chi connectivity index (χ4v) is 4.81. The number of thiocarbonyl (C=S) groups is 1. The van der Waals surface area contributed by atoms with Gasteiger partial charge < -0.3 is 5.32 Å². The van der Waals surface area contributed by atoms with Gasteiger partial charge in [0.15, 0.2) is 0 Å². The number of thioether (sulfide) groups is 1. The number of halogens is 1. The van der Waals surface area contributed by atoms with Crippen molar-refractivity contribution in [1.82, 2.24) is 10.3 Å². The highest BCUT2D eigenvalue weighted by Gasteiger charge is 2.31. The molecular formula is C23H16ClN3OS2. The average molecular weight is 450 g/mol. The summed E-state index contributed by atoms with van der Waals surface area (Å²) in [5.74, 6) is -0.186. The van der Waals surface area contributed by atoms with Gasteiger partial charge in [-0.15, -0.1) is 0 Å². The van der Waals surface area contributed by atoms with Crippen molar-refractivity contribution in [1.29, 1.82) is 0 Å². The van der Waals surface area contributed by atoms with Gasteiger partial charge in [-0.3, -0.25) is 9.80 Å². The molecule has 0 radical (unpaired) electrons. The van der Waals surface area contributed by atoms with Gasteiger partial charge in [-0.05, 0) is 40.1 Å². The molecule has 4 nitrogen and oxygen atoms in total. The smallest absolute Gasteiger partial charge is 0.265 e.